The Balaban J connectivity index is 1.55. The first kappa shape index (κ1) is 25.6. The van der Waals surface area contributed by atoms with Crippen LogP contribution in [0.25, 0.3) is 10.6 Å². The third kappa shape index (κ3) is 6.02. The summed E-state index contributed by atoms with van der Waals surface area (Å²) in [5, 5.41) is 7.65. The van der Waals surface area contributed by atoms with Crippen molar-refractivity contribution in [2.75, 3.05) is 26.8 Å². The molecule has 2 atom stereocenters. The van der Waals surface area contributed by atoms with Crippen molar-refractivity contribution in [3.8, 4) is 10.6 Å². The van der Waals surface area contributed by atoms with Crippen molar-refractivity contribution in [3.63, 3.8) is 0 Å². The van der Waals surface area contributed by atoms with Crippen LogP contribution in [0.4, 0.5) is 0 Å². The van der Waals surface area contributed by atoms with Crippen LogP contribution in [0.1, 0.15) is 56.0 Å². The number of allylic oxidation sites excluding steroid dienone is 1. The van der Waals surface area contributed by atoms with E-state index in [4.69, 9.17) is 9.47 Å². The minimum atomic E-state index is -0.410. The van der Waals surface area contributed by atoms with Gasteiger partial charge in [-0.25, -0.2) is 4.79 Å². The van der Waals surface area contributed by atoms with Crippen molar-refractivity contribution in [3.05, 3.63) is 40.4 Å². The first-order valence-electron chi connectivity index (χ1n) is 12.4. The summed E-state index contributed by atoms with van der Waals surface area (Å²) in [6, 6.07) is 4.57. The van der Waals surface area contributed by atoms with E-state index >= 15 is 0 Å². The number of hydrogen-bond donors (Lipinski definition) is 1. The van der Waals surface area contributed by atoms with Crippen LogP contribution in [0, 0.1) is 0 Å². The summed E-state index contributed by atoms with van der Waals surface area (Å²) in [5.41, 5.74) is 2.97. The van der Waals surface area contributed by atoms with Crippen LogP contribution in [0.5, 0.6) is 0 Å². The highest BCUT2D eigenvalue weighted by Gasteiger charge is 2.40. The van der Waals surface area contributed by atoms with Gasteiger partial charge in [0.05, 0.1) is 30.3 Å². The lowest BCUT2D eigenvalue weighted by molar-refractivity contribution is -0.148. The number of amides is 1. The average molecular weight is 501 g/mol. The Kier molecular flexibility index (Phi) is 8.41. The third-order valence-electron chi connectivity index (χ3n) is 6.72. The van der Waals surface area contributed by atoms with Crippen LogP contribution in [-0.2, 0) is 32.5 Å². The first-order chi connectivity index (χ1) is 16.9. The van der Waals surface area contributed by atoms with Crippen molar-refractivity contribution in [2.24, 2.45) is 7.05 Å². The van der Waals surface area contributed by atoms with E-state index in [9.17, 15) is 9.59 Å². The average Bonchev–Trinajstić information content (AvgIpc) is 3.47. The Bertz CT molecular complexity index is 1070. The first-order valence-corrected chi connectivity index (χ1v) is 13.2. The van der Waals surface area contributed by atoms with Gasteiger partial charge in [0.15, 0.2) is 0 Å². The van der Waals surface area contributed by atoms with Gasteiger partial charge in [-0.3, -0.25) is 9.48 Å². The number of aryl methyl sites for hydroxylation is 2. The number of nitrogens with zero attached hydrogens (tertiary/aromatic N) is 3. The summed E-state index contributed by atoms with van der Waals surface area (Å²) >= 11 is 1.75. The smallest absolute Gasteiger partial charge is 0.333 e. The SMILES string of the molecule is COC(=O)/C(C)=C\CCCc1cc([C@H](C)N(C(=O)[C@H]2CNCCO2)C2CC2)sc1-c1ccnn1C. The van der Waals surface area contributed by atoms with E-state index in [1.807, 2.05) is 30.1 Å². The van der Waals surface area contributed by atoms with Crippen molar-refractivity contribution >= 4 is 23.2 Å². The molecule has 3 heterocycles. The van der Waals surface area contributed by atoms with E-state index in [2.05, 4.69) is 28.3 Å². The molecule has 0 spiro atoms. The molecule has 2 aromatic heterocycles. The monoisotopic (exact) mass is 500 g/mol. The second kappa shape index (κ2) is 11.5. The molecule has 1 saturated carbocycles. The summed E-state index contributed by atoms with van der Waals surface area (Å²) in [6.07, 6.45) is 8.04. The van der Waals surface area contributed by atoms with Crippen LogP contribution in [0.2, 0.25) is 0 Å². The number of morpholine rings is 1. The number of nitrogens with one attached hydrogen (secondary N) is 1. The highest BCUT2D eigenvalue weighted by molar-refractivity contribution is 7.15. The lowest BCUT2D eigenvalue weighted by Crippen LogP contribution is -2.50. The Morgan fingerprint density at radius 2 is 2.23 bits per heavy atom. The van der Waals surface area contributed by atoms with Gasteiger partial charge in [0.25, 0.3) is 5.91 Å². The highest BCUT2D eigenvalue weighted by Crippen LogP contribution is 2.41. The van der Waals surface area contributed by atoms with Gasteiger partial charge in [-0.2, -0.15) is 5.10 Å². The molecule has 0 unspecified atom stereocenters. The number of rotatable bonds is 10. The lowest BCUT2D eigenvalue weighted by Gasteiger charge is -2.33. The largest absolute Gasteiger partial charge is 0.466 e. The summed E-state index contributed by atoms with van der Waals surface area (Å²) in [6.45, 7) is 5.85. The predicted octanol–water partition coefficient (Wildman–Crippen LogP) is 3.63. The normalized spacial score (nSPS) is 19.4. The van der Waals surface area contributed by atoms with E-state index in [0.29, 0.717) is 24.8 Å². The Labute approximate surface area is 211 Å². The zero-order valence-electron chi connectivity index (χ0n) is 21.1. The minimum absolute atomic E-state index is 0.0206. The number of ether oxygens (including phenoxy) is 2. The van der Waals surface area contributed by atoms with E-state index in [-0.39, 0.29) is 17.9 Å². The Hall–Kier alpha value is -2.49. The maximum absolute atomic E-state index is 13.4. The van der Waals surface area contributed by atoms with Crippen LogP contribution >= 0.6 is 11.3 Å². The number of methoxy groups -OCH3 is 1. The van der Waals surface area contributed by atoms with Gasteiger partial charge < -0.3 is 19.7 Å². The molecule has 1 amide bonds. The second-order valence-electron chi connectivity index (χ2n) is 9.33. The molecule has 35 heavy (non-hydrogen) atoms. The molecule has 190 valence electrons. The fraction of sp³-hybridized carbons (Fsp3) is 0.577. The summed E-state index contributed by atoms with van der Waals surface area (Å²) in [4.78, 5) is 29.5. The van der Waals surface area contributed by atoms with Crippen LogP contribution in [0.3, 0.4) is 0 Å². The molecule has 1 aliphatic carbocycles. The Morgan fingerprint density at radius 1 is 1.43 bits per heavy atom. The molecule has 4 rings (SSSR count). The summed E-state index contributed by atoms with van der Waals surface area (Å²) in [5.74, 6) is -0.193. The quantitative estimate of drug-likeness (QED) is 0.305. The lowest BCUT2D eigenvalue weighted by atomic mass is 10.0. The van der Waals surface area contributed by atoms with Crippen LogP contribution in [0.15, 0.2) is 30.0 Å². The van der Waals surface area contributed by atoms with E-state index < -0.39 is 6.10 Å². The molecule has 2 fully saturated rings. The number of esters is 1. The molecular formula is C26H36N4O4S. The van der Waals surface area contributed by atoms with E-state index in [1.54, 1.807) is 18.3 Å². The molecule has 1 aliphatic heterocycles. The molecule has 0 bridgehead atoms. The fourth-order valence-corrected chi connectivity index (χ4v) is 5.90. The topological polar surface area (TPSA) is 85.7 Å². The standard InChI is InChI=1S/C26H36N4O4S/c1-17(26(32)33-4)7-5-6-8-19-15-23(35-24(19)21-11-12-28-29(21)3)18(2)30(20-9-10-20)25(31)22-16-27-13-14-34-22/h7,11-12,15,18,20,22,27H,5-6,8-10,13-14,16H2,1-4H3/b17-7-/t18-,22+/m0/s1. The second-order valence-corrected chi connectivity index (χ2v) is 10.4. The summed E-state index contributed by atoms with van der Waals surface area (Å²) < 4.78 is 12.5. The number of aromatic nitrogens is 2. The molecular weight excluding hydrogens is 464 g/mol. The van der Waals surface area contributed by atoms with Gasteiger partial charge in [0, 0.05) is 42.8 Å². The predicted molar refractivity (Wildman–Crippen MR) is 136 cm³/mol. The van der Waals surface area contributed by atoms with Gasteiger partial charge in [-0.05, 0) is 63.6 Å². The van der Waals surface area contributed by atoms with Gasteiger partial charge in [0.2, 0.25) is 0 Å². The zero-order valence-corrected chi connectivity index (χ0v) is 21.9. The molecule has 0 aromatic carbocycles. The summed E-state index contributed by atoms with van der Waals surface area (Å²) in [7, 11) is 3.36. The van der Waals surface area contributed by atoms with Gasteiger partial charge in [0.1, 0.15) is 6.10 Å². The minimum Gasteiger partial charge on any atom is -0.466 e. The maximum Gasteiger partial charge on any atom is 0.333 e. The van der Waals surface area contributed by atoms with Crippen LogP contribution in [-0.4, -0.2) is 65.5 Å². The number of carbonyl (C=O) groups is 2. The molecule has 9 heteroatoms. The molecule has 1 N–H and O–H groups in total. The molecule has 2 aromatic rings. The number of thiophene rings is 1. The molecule has 8 nitrogen and oxygen atoms in total. The molecule has 1 saturated heterocycles. The number of unbranched alkanes of at least 4 members (excludes halogenated alkanes) is 1. The van der Waals surface area contributed by atoms with Gasteiger partial charge in [-0.15, -0.1) is 11.3 Å². The molecule has 0 radical (unpaired) electrons. The van der Waals surface area contributed by atoms with Crippen molar-refractivity contribution in [1.29, 1.82) is 0 Å². The van der Waals surface area contributed by atoms with E-state index in [0.717, 1.165) is 44.3 Å². The van der Waals surface area contributed by atoms with Crippen LogP contribution < -0.4 is 5.32 Å². The highest BCUT2D eigenvalue weighted by atomic mass is 32.1. The van der Waals surface area contributed by atoms with Gasteiger partial charge >= 0.3 is 5.97 Å². The fourth-order valence-electron chi connectivity index (χ4n) is 4.58. The van der Waals surface area contributed by atoms with Crippen molar-refractivity contribution in [2.45, 2.75) is 64.1 Å². The number of hydrogen-bond acceptors (Lipinski definition) is 7. The van der Waals surface area contributed by atoms with Crippen molar-refractivity contribution < 1.29 is 19.1 Å². The maximum atomic E-state index is 13.4. The van der Waals surface area contributed by atoms with Gasteiger partial charge in [-0.1, -0.05) is 6.08 Å². The Morgan fingerprint density at radius 3 is 2.86 bits per heavy atom. The van der Waals surface area contributed by atoms with E-state index in [1.165, 1.54) is 22.4 Å². The zero-order chi connectivity index (χ0) is 24.9. The van der Waals surface area contributed by atoms with Crippen molar-refractivity contribution in [1.82, 2.24) is 20.0 Å². The third-order valence-corrected chi connectivity index (χ3v) is 8.09. The number of carbonyl (C=O) groups excluding carboxylic acids is 2. The molecule has 2 aliphatic rings.